The van der Waals surface area contributed by atoms with Crippen molar-refractivity contribution in [1.29, 1.82) is 0 Å². The van der Waals surface area contributed by atoms with Crippen LogP contribution in [0, 0.1) is 0 Å². The molecule has 2 aromatic carbocycles. The molecule has 3 fully saturated rings. The summed E-state index contributed by atoms with van der Waals surface area (Å²) in [6, 6.07) is 15.5. The lowest BCUT2D eigenvalue weighted by molar-refractivity contribution is 0.0646. The van der Waals surface area contributed by atoms with Crippen molar-refractivity contribution in [3.05, 3.63) is 59.2 Å². The minimum absolute atomic E-state index is 0.0120. The monoisotopic (exact) mass is 429 g/mol. The van der Waals surface area contributed by atoms with Crippen molar-refractivity contribution in [2.75, 3.05) is 19.6 Å². The normalized spacial score (nSPS) is 23.7. The van der Waals surface area contributed by atoms with E-state index in [4.69, 9.17) is 0 Å². The highest BCUT2D eigenvalue weighted by atomic mass is 16.2. The molecule has 1 N–H and O–H groups in total. The topological polar surface area (TPSA) is 52.7 Å². The first-order valence-electron chi connectivity index (χ1n) is 12.2. The van der Waals surface area contributed by atoms with Crippen molar-refractivity contribution < 1.29 is 9.59 Å². The number of nitrogens with one attached hydrogen (secondary N) is 1. The molecule has 0 aromatic heterocycles. The van der Waals surface area contributed by atoms with E-state index in [1.165, 1.54) is 19.3 Å². The van der Waals surface area contributed by atoms with Crippen LogP contribution in [-0.4, -0.2) is 59.4 Å². The van der Waals surface area contributed by atoms with E-state index < -0.39 is 0 Å². The maximum absolute atomic E-state index is 13.3. The van der Waals surface area contributed by atoms with Crippen LogP contribution in [0.3, 0.4) is 0 Å². The number of carbonyl (C=O) groups is 2. The molecule has 0 radical (unpaired) electrons. The van der Waals surface area contributed by atoms with E-state index >= 15 is 0 Å². The van der Waals surface area contributed by atoms with Crippen LogP contribution in [0.15, 0.2) is 42.5 Å². The summed E-state index contributed by atoms with van der Waals surface area (Å²) in [5, 5.41) is 3.03. The summed E-state index contributed by atoms with van der Waals surface area (Å²) in [4.78, 5) is 30.3. The van der Waals surface area contributed by atoms with Crippen LogP contribution in [-0.2, 0) is 6.42 Å². The van der Waals surface area contributed by atoms with Crippen molar-refractivity contribution in [1.82, 2.24) is 15.1 Å². The van der Waals surface area contributed by atoms with Gasteiger partial charge in [-0.05, 0) is 73.4 Å². The Labute approximate surface area is 189 Å². The van der Waals surface area contributed by atoms with Crippen LogP contribution in [0.5, 0.6) is 0 Å². The summed E-state index contributed by atoms with van der Waals surface area (Å²) < 4.78 is 0. The lowest BCUT2D eigenvalue weighted by Crippen LogP contribution is -2.47. The number of likely N-dealkylation sites (tertiary alicyclic amines) is 1. The Balaban J connectivity index is 1.15. The molecule has 0 bridgehead atoms. The van der Waals surface area contributed by atoms with E-state index in [2.05, 4.69) is 27.2 Å². The van der Waals surface area contributed by atoms with Gasteiger partial charge in [0.15, 0.2) is 0 Å². The molecular formula is C27H31N3O2. The molecule has 2 aliphatic heterocycles. The van der Waals surface area contributed by atoms with Gasteiger partial charge >= 0.3 is 0 Å². The first kappa shape index (κ1) is 20.0. The van der Waals surface area contributed by atoms with E-state index in [0.29, 0.717) is 17.6 Å². The summed E-state index contributed by atoms with van der Waals surface area (Å²) in [7, 11) is 0. The van der Waals surface area contributed by atoms with Gasteiger partial charge in [0.2, 0.25) is 0 Å². The zero-order valence-electron chi connectivity index (χ0n) is 18.6. The molecule has 2 aliphatic carbocycles. The van der Waals surface area contributed by atoms with E-state index in [1.54, 1.807) is 0 Å². The van der Waals surface area contributed by atoms with Crippen molar-refractivity contribution in [3.63, 3.8) is 0 Å². The van der Waals surface area contributed by atoms with Gasteiger partial charge in [-0.15, -0.1) is 0 Å². The molecule has 6 rings (SSSR count). The summed E-state index contributed by atoms with van der Waals surface area (Å²) >= 11 is 0. The van der Waals surface area contributed by atoms with Gasteiger partial charge in [0.1, 0.15) is 0 Å². The maximum Gasteiger partial charge on any atom is 0.254 e. The van der Waals surface area contributed by atoms with Crippen molar-refractivity contribution in [2.45, 2.75) is 63.1 Å². The zero-order valence-corrected chi connectivity index (χ0v) is 18.6. The molecule has 0 spiro atoms. The summed E-state index contributed by atoms with van der Waals surface area (Å²) in [5.74, 6) is 0.211. The number of hydrogen-bond acceptors (Lipinski definition) is 3. The third-order valence-corrected chi connectivity index (χ3v) is 7.84. The summed E-state index contributed by atoms with van der Waals surface area (Å²) in [6.07, 6.45) is 8.23. The van der Waals surface area contributed by atoms with Gasteiger partial charge in [0.05, 0.1) is 0 Å². The number of amides is 2. The number of fused-ring (bicyclic) bond motifs is 1. The van der Waals surface area contributed by atoms with E-state index in [-0.39, 0.29) is 11.8 Å². The summed E-state index contributed by atoms with van der Waals surface area (Å²) in [6.45, 7) is 3.00. The number of carbonyl (C=O) groups excluding carboxylic acids is 2. The molecule has 4 aliphatic rings. The predicted molar refractivity (Wildman–Crippen MR) is 125 cm³/mol. The first-order chi connectivity index (χ1) is 15.7. The molecule has 5 nitrogen and oxygen atoms in total. The molecular weight excluding hydrogens is 398 g/mol. The fraction of sp³-hybridized carbons (Fsp3) is 0.481. The molecule has 2 saturated carbocycles. The van der Waals surface area contributed by atoms with Gasteiger partial charge in [-0.3, -0.25) is 14.5 Å². The Morgan fingerprint density at radius 2 is 1.66 bits per heavy atom. The van der Waals surface area contributed by atoms with Crippen LogP contribution < -0.4 is 5.32 Å². The molecule has 32 heavy (non-hydrogen) atoms. The lowest BCUT2D eigenvalue weighted by atomic mass is 9.92. The maximum atomic E-state index is 13.3. The van der Waals surface area contributed by atoms with Crippen molar-refractivity contribution in [2.24, 2.45) is 0 Å². The van der Waals surface area contributed by atoms with E-state index in [1.807, 2.05) is 30.3 Å². The Bertz CT molecular complexity index is 1040. The number of rotatable bonds is 5. The third kappa shape index (κ3) is 3.73. The van der Waals surface area contributed by atoms with Gasteiger partial charge in [0, 0.05) is 48.9 Å². The fourth-order valence-corrected chi connectivity index (χ4v) is 5.45. The number of nitrogens with zero attached hydrogens (tertiary/aromatic N) is 2. The van der Waals surface area contributed by atoms with E-state index in [0.717, 1.165) is 73.6 Å². The summed E-state index contributed by atoms with van der Waals surface area (Å²) in [5.41, 5.74) is 4.90. The molecule has 5 heteroatoms. The van der Waals surface area contributed by atoms with Crippen LogP contribution >= 0.6 is 0 Å². The van der Waals surface area contributed by atoms with Crippen molar-refractivity contribution in [3.8, 4) is 11.1 Å². The van der Waals surface area contributed by atoms with Crippen LogP contribution in [0.25, 0.3) is 11.1 Å². The number of hydrogen-bond donors (Lipinski definition) is 1. The molecule has 1 unspecified atom stereocenters. The van der Waals surface area contributed by atoms with Gasteiger partial charge in [-0.25, -0.2) is 0 Å². The standard InChI is InChI=1S/C27H31N3O2/c31-26(28-22-9-10-22)19-6-4-18(5-7-19)20-8-11-25-21(16-20)12-15-30(27(25)32)24-13-14-29(17-24)23-2-1-3-23/h4-8,11,16,22-24H,1-3,9-10,12-15,17H2,(H,28,31). The van der Waals surface area contributed by atoms with Crippen LogP contribution in [0.4, 0.5) is 0 Å². The van der Waals surface area contributed by atoms with Crippen molar-refractivity contribution >= 4 is 11.8 Å². The average Bonchev–Trinajstić information content (AvgIpc) is 3.47. The highest BCUT2D eigenvalue weighted by Crippen LogP contribution is 2.32. The minimum Gasteiger partial charge on any atom is -0.349 e. The largest absolute Gasteiger partial charge is 0.349 e. The van der Waals surface area contributed by atoms with Gasteiger partial charge in [-0.1, -0.05) is 30.7 Å². The van der Waals surface area contributed by atoms with Gasteiger partial charge < -0.3 is 10.2 Å². The molecule has 2 heterocycles. The third-order valence-electron chi connectivity index (χ3n) is 7.84. The SMILES string of the molecule is O=C(NC1CC1)c1ccc(-c2ccc3c(c2)CCN(C2CCN(C4CCC4)C2)C3=O)cc1. The fourth-order valence-electron chi connectivity index (χ4n) is 5.45. The molecule has 1 saturated heterocycles. The highest BCUT2D eigenvalue weighted by Gasteiger charge is 2.37. The second-order valence-electron chi connectivity index (χ2n) is 9.97. The van der Waals surface area contributed by atoms with Crippen LogP contribution in [0.2, 0.25) is 0 Å². The Morgan fingerprint density at radius 1 is 0.875 bits per heavy atom. The Hall–Kier alpha value is -2.66. The molecule has 166 valence electrons. The predicted octanol–water partition coefficient (Wildman–Crippen LogP) is 3.87. The average molecular weight is 430 g/mol. The smallest absolute Gasteiger partial charge is 0.254 e. The van der Waals surface area contributed by atoms with Crippen LogP contribution in [0.1, 0.15) is 64.8 Å². The van der Waals surface area contributed by atoms with Gasteiger partial charge in [0.25, 0.3) is 11.8 Å². The van der Waals surface area contributed by atoms with E-state index in [9.17, 15) is 9.59 Å². The zero-order chi connectivity index (χ0) is 21.7. The second kappa shape index (κ2) is 8.04. The second-order valence-corrected chi connectivity index (χ2v) is 9.97. The highest BCUT2D eigenvalue weighted by molar-refractivity contribution is 5.98. The minimum atomic E-state index is 0.0120. The first-order valence-corrected chi connectivity index (χ1v) is 12.2. The Kier molecular flexibility index (Phi) is 5.02. The molecule has 1 atom stereocenters. The molecule has 2 aromatic rings. The quantitative estimate of drug-likeness (QED) is 0.785. The number of benzene rings is 2. The van der Waals surface area contributed by atoms with Gasteiger partial charge in [-0.2, -0.15) is 0 Å². The molecule has 2 amide bonds. The Morgan fingerprint density at radius 3 is 2.38 bits per heavy atom. The lowest BCUT2D eigenvalue weighted by Gasteiger charge is -2.37.